The van der Waals surface area contributed by atoms with Gasteiger partial charge in [-0.25, -0.2) is 0 Å². The highest BCUT2D eigenvalue weighted by Crippen LogP contribution is 2.67. The fourth-order valence-electron chi connectivity index (χ4n) is 20.8. The monoisotopic (exact) mass is 1290 g/mol. The Morgan fingerprint density at radius 3 is 0.724 bits per heavy atom. The Labute approximate surface area is 588 Å². The highest BCUT2D eigenvalue weighted by atomic mass is 16.5. The normalized spacial score (nSPS) is 22.3. The zero-order chi connectivity index (χ0) is 68.5. The fourth-order valence-corrected chi connectivity index (χ4v) is 20.8. The lowest BCUT2D eigenvalue weighted by Crippen LogP contribution is -2.41. The van der Waals surface area contributed by atoms with Crippen molar-refractivity contribution in [3.63, 3.8) is 0 Å². The molecule has 0 radical (unpaired) electrons. The van der Waals surface area contributed by atoms with Gasteiger partial charge in [0.25, 0.3) is 0 Å². The maximum atomic E-state index is 6.78. The Balaban J connectivity index is 0.755. The van der Waals surface area contributed by atoms with E-state index in [0.717, 1.165) is 11.5 Å². The number of fused-ring (bicyclic) bond motifs is 10. The van der Waals surface area contributed by atoms with E-state index in [1.807, 2.05) is 0 Å². The Bertz CT molecular complexity index is 4130. The van der Waals surface area contributed by atoms with E-state index in [1.54, 1.807) is 0 Å². The van der Waals surface area contributed by atoms with Gasteiger partial charge in [-0.2, -0.15) is 0 Å². The van der Waals surface area contributed by atoms with Gasteiger partial charge in [-0.05, 0) is 230 Å². The topological polar surface area (TPSA) is 18.5 Å². The van der Waals surface area contributed by atoms with Crippen LogP contribution in [0.15, 0.2) is 206 Å². The van der Waals surface area contributed by atoms with E-state index >= 15 is 0 Å². The first-order valence-corrected chi connectivity index (χ1v) is 37.5. The predicted molar refractivity (Wildman–Crippen MR) is 410 cm³/mol. The molecule has 2 atom stereocenters. The summed E-state index contributed by atoms with van der Waals surface area (Å²) in [6, 6.07) is 63.2. The first-order valence-electron chi connectivity index (χ1n) is 37.5. The van der Waals surface area contributed by atoms with E-state index in [-0.39, 0.29) is 67.0 Å². The summed E-state index contributed by atoms with van der Waals surface area (Å²) >= 11 is 0. The maximum absolute atomic E-state index is 6.78. The molecule has 2 unspecified atom stereocenters. The lowest BCUT2D eigenvalue weighted by Gasteiger charge is -2.47. The molecule has 0 saturated carbocycles. The van der Waals surface area contributed by atoms with Crippen molar-refractivity contribution in [2.45, 2.75) is 228 Å². The minimum Gasteiger partial charge on any atom is -0.490 e. The summed E-state index contributed by atoms with van der Waals surface area (Å²) in [5.74, 6) is 1.93. The smallest absolute Gasteiger partial charge is 0.122 e. The van der Waals surface area contributed by atoms with Gasteiger partial charge < -0.3 is 9.47 Å². The second-order valence-corrected chi connectivity index (χ2v) is 36.7. The van der Waals surface area contributed by atoms with Crippen LogP contribution in [0.5, 0.6) is 11.5 Å². The van der Waals surface area contributed by atoms with Crippen LogP contribution >= 0.6 is 0 Å². The summed E-state index contributed by atoms with van der Waals surface area (Å²) in [4.78, 5) is 0. The van der Waals surface area contributed by atoms with Gasteiger partial charge in [0, 0.05) is 34.5 Å². The zero-order valence-electron chi connectivity index (χ0n) is 61.8. The van der Waals surface area contributed by atoms with Gasteiger partial charge in [0.2, 0.25) is 0 Å². The van der Waals surface area contributed by atoms with Crippen molar-refractivity contribution in [3.8, 4) is 33.8 Å². The molecule has 0 aliphatic heterocycles. The highest BCUT2D eigenvalue weighted by molar-refractivity contribution is 5.86. The van der Waals surface area contributed by atoms with Crippen LogP contribution in [0, 0.1) is 11.8 Å². The average molecular weight is 1290 g/mol. The van der Waals surface area contributed by atoms with Crippen molar-refractivity contribution in [2.24, 2.45) is 11.8 Å². The minimum atomic E-state index is -0.502. The Hall–Kier alpha value is -7.68. The quantitative estimate of drug-likeness (QED) is 0.107. The Kier molecular flexibility index (Phi) is 14.9. The summed E-state index contributed by atoms with van der Waals surface area (Å²) < 4.78 is 13.6. The number of hydrogen-bond donors (Lipinski definition) is 0. The lowest BCUT2D eigenvalue weighted by atomic mass is 9.55. The molecule has 0 amide bonds. The van der Waals surface area contributed by atoms with Crippen LogP contribution in [-0.2, 0) is 54.1 Å². The van der Waals surface area contributed by atoms with Gasteiger partial charge in [0.15, 0.2) is 0 Å². The fraction of sp³-hybridized carbons (Fsp3) is 0.417. The lowest BCUT2D eigenvalue weighted by molar-refractivity contribution is 0.217. The largest absolute Gasteiger partial charge is 0.490 e. The molecule has 0 aromatic heterocycles. The predicted octanol–water partition coefficient (Wildman–Crippen LogP) is 24.2. The molecule has 0 N–H and O–H groups in total. The second-order valence-electron chi connectivity index (χ2n) is 36.7. The van der Waals surface area contributed by atoms with Crippen LogP contribution < -0.4 is 9.47 Å². The SMILES string of the molecule is CC1(C)CCC(C)(C)c2cc3c(cc21)-c1cc2c(cc1C3C(c1ccccc1)(c1ccc(OCCOc3ccc(C(c4ccccc4)(C4C=CC=C4)C4c5cc6c(cc5-c5cc7c(cc54)C(C)(C)CCC7(C)C)C(C)(C)CCC6(C)C)cc3)cc1)C1C=CC=C1)C(C)(C)CCC2(C)C. The van der Waals surface area contributed by atoms with E-state index < -0.39 is 10.8 Å². The van der Waals surface area contributed by atoms with Gasteiger partial charge in [-0.15, -0.1) is 0 Å². The van der Waals surface area contributed by atoms with Crippen molar-refractivity contribution < 1.29 is 9.47 Å². The Morgan fingerprint density at radius 2 is 0.490 bits per heavy atom. The molecule has 0 heterocycles. The van der Waals surface area contributed by atoms with Crippen LogP contribution in [0.4, 0.5) is 0 Å². The summed E-state index contributed by atoms with van der Waals surface area (Å²) in [5.41, 5.74) is 28.6. The Morgan fingerprint density at radius 1 is 0.276 bits per heavy atom. The van der Waals surface area contributed by atoms with Gasteiger partial charge in [0.05, 0.1) is 0 Å². The summed E-state index contributed by atoms with van der Waals surface area (Å²) in [6.45, 7) is 40.7. The third kappa shape index (κ3) is 9.86. The molecule has 8 aliphatic rings. The molecule has 8 aliphatic carbocycles. The summed E-state index contributed by atoms with van der Waals surface area (Å²) in [7, 11) is 0. The van der Waals surface area contributed by atoms with Crippen LogP contribution in [0.3, 0.4) is 0 Å². The second kappa shape index (κ2) is 22.4. The molecule has 0 saturated heterocycles. The molecular weight excluding hydrogens is 1190 g/mol. The molecular formula is C96H106O2. The molecule has 502 valence electrons. The number of ether oxygens (including phenoxy) is 2. The summed E-state index contributed by atoms with van der Waals surface area (Å²) in [6.07, 6.45) is 28.5. The molecule has 2 nitrogen and oxygen atoms in total. The minimum absolute atomic E-state index is 0.0282. The summed E-state index contributed by atoms with van der Waals surface area (Å²) in [5, 5.41) is 0. The van der Waals surface area contributed by atoms with Crippen molar-refractivity contribution >= 4 is 0 Å². The molecule has 0 spiro atoms. The van der Waals surface area contributed by atoms with Crippen LogP contribution in [-0.4, -0.2) is 13.2 Å². The molecule has 0 bridgehead atoms. The molecule has 8 aromatic carbocycles. The highest BCUT2D eigenvalue weighted by Gasteiger charge is 2.57. The van der Waals surface area contributed by atoms with Crippen LogP contribution in [0.1, 0.15) is 263 Å². The molecule has 0 fully saturated rings. The van der Waals surface area contributed by atoms with Gasteiger partial charge in [0.1, 0.15) is 24.7 Å². The first-order chi connectivity index (χ1) is 46.5. The van der Waals surface area contributed by atoms with E-state index in [9.17, 15) is 0 Å². The van der Waals surface area contributed by atoms with Crippen molar-refractivity contribution in [1.82, 2.24) is 0 Å². The molecule has 2 heteroatoms. The van der Waals surface area contributed by atoms with Gasteiger partial charge >= 0.3 is 0 Å². The van der Waals surface area contributed by atoms with Crippen molar-refractivity contribution in [3.05, 3.63) is 295 Å². The number of rotatable bonds is 13. The zero-order valence-corrected chi connectivity index (χ0v) is 61.8. The first kappa shape index (κ1) is 65.0. The molecule has 16 rings (SSSR count). The van der Waals surface area contributed by atoms with E-state index in [2.05, 4.69) is 317 Å². The average Bonchev–Trinajstić information content (AvgIpc) is 1.53. The van der Waals surface area contributed by atoms with Crippen molar-refractivity contribution in [2.75, 3.05) is 13.2 Å². The number of benzene rings is 8. The van der Waals surface area contributed by atoms with E-state index in [0.29, 0.717) is 13.2 Å². The number of allylic oxidation sites excluding steroid dienone is 8. The third-order valence-electron chi connectivity index (χ3n) is 27.2. The molecule has 98 heavy (non-hydrogen) atoms. The third-order valence-corrected chi connectivity index (χ3v) is 27.2. The number of hydrogen-bond acceptors (Lipinski definition) is 2. The standard InChI is InChI=1S/C96H106O2/c1-87(2)43-47-91(9,10)81-57-73-69(53-77(81)87)70-54-78-82(92(11,12)48-44-88(78,3)4)58-74(70)85(73)95(63-31-23-24-32-63,61-27-19-17-20-28-61)65-35-39-67(40-36-65)97-51-52-98-68-41-37-66(38-42-68)96(64-33-25-26-34-64,62-29-21-18-22-30-62)86-75-59-83-79(89(5,6)45-49-93(83,13)14)55-71(75)72-56-80-84(60-76(72)86)94(15,16)50-46-90(80,7)8/h17-42,53-60,63-64,85-86H,43-52H2,1-16H3. The van der Waals surface area contributed by atoms with Gasteiger partial charge in [-0.3, -0.25) is 0 Å². The maximum Gasteiger partial charge on any atom is 0.122 e. The van der Waals surface area contributed by atoms with Crippen molar-refractivity contribution in [1.29, 1.82) is 0 Å². The molecule has 8 aromatic rings. The van der Waals surface area contributed by atoms with E-state index in [4.69, 9.17) is 9.47 Å². The van der Waals surface area contributed by atoms with Crippen LogP contribution in [0.2, 0.25) is 0 Å². The van der Waals surface area contributed by atoms with Crippen LogP contribution in [0.25, 0.3) is 22.3 Å². The van der Waals surface area contributed by atoms with Gasteiger partial charge in [-0.1, -0.05) is 293 Å². The van der Waals surface area contributed by atoms with E-state index in [1.165, 1.54) is 163 Å².